The van der Waals surface area contributed by atoms with Crippen LogP contribution in [0.3, 0.4) is 0 Å². The molecule has 0 atom stereocenters. The number of carbonyl (C=O) groups is 2. The zero-order valence-corrected chi connectivity index (χ0v) is 8.28. The van der Waals surface area contributed by atoms with E-state index in [9.17, 15) is 9.59 Å². The topological polar surface area (TPSA) is 81.8 Å². The van der Waals surface area contributed by atoms with Crippen LogP contribution in [0, 0.1) is 10.8 Å². The third kappa shape index (κ3) is 2.72. The van der Waals surface area contributed by atoms with Crippen LogP contribution in [-0.4, -0.2) is 23.3 Å². The van der Waals surface area contributed by atoms with Crippen LogP contribution in [0.25, 0.3) is 0 Å². The Morgan fingerprint density at radius 2 is 1.19 bits per heavy atom. The smallest absolute Gasteiger partial charge is 0.195 e. The molecule has 0 aromatic heterocycles. The minimum Gasteiger partial charge on any atom is -0.289 e. The van der Waals surface area contributed by atoms with Gasteiger partial charge in [-0.15, -0.1) is 0 Å². The first-order chi connectivity index (χ1) is 7.69. The average molecular weight is 212 g/mol. The quantitative estimate of drug-likeness (QED) is 0.452. The molecule has 0 heterocycles. The van der Waals surface area contributed by atoms with Gasteiger partial charge in [-0.2, -0.15) is 0 Å². The van der Waals surface area contributed by atoms with E-state index in [1.54, 1.807) is 0 Å². The molecule has 1 aromatic carbocycles. The van der Waals surface area contributed by atoms with Gasteiger partial charge in [0.05, 0.1) is 0 Å². The minimum absolute atomic E-state index is 0.336. The Morgan fingerprint density at radius 3 is 1.44 bits per heavy atom. The monoisotopic (exact) mass is 212 g/mol. The van der Waals surface area contributed by atoms with Gasteiger partial charge in [0.2, 0.25) is 0 Å². The number of hydrogen-bond donors (Lipinski definition) is 2. The van der Waals surface area contributed by atoms with Crippen LogP contribution in [0.2, 0.25) is 0 Å². The van der Waals surface area contributed by atoms with Gasteiger partial charge < -0.3 is 0 Å². The van der Waals surface area contributed by atoms with Crippen molar-refractivity contribution in [2.24, 2.45) is 0 Å². The molecule has 0 aliphatic rings. The van der Waals surface area contributed by atoms with Crippen LogP contribution in [0.4, 0.5) is 0 Å². The minimum atomic E-state index is -0.336. The van der Waals surface area contributed by atoms with Gasteiger partial charge in [0.15, 0.2) is 11.6 Å². The predicted octanol–water partition coefficient (Wildman–Crippen LogP) is 1.66. The van der Waals surface area contributed by atoms with Crippen molar-refractivity contribution in [2.75, 3.05) is 0 Å². The summed E-state index contributed by atoms with van der Waals surface area (Å²) in [5.74, 6) is 3.11. The van der Waals surface area contributed by atoms with Gasteiger partial charge in [-0.1, -0.05) is 24.3 Å². The first kappa shape index (κ1) is 11.5. The van der Waals surface area contributed by atoms with Gasteiger partial charge in [0.1, 0.15) is 0 Å². The Labute approximate surface area is 91.9 Å². The largest absolute Gasteiger partial charge is 0.289 e. The third-order valence-electron chi connectivity index (χ3n) is 1.86. The molecule has 0 saturated heterocycles. The van der Waals surface area contributed by atoms with Crippen molar-refractivity contribution in [2.45, 2.75) is 0 Å². The van der Waals surface area contributed by atoms with Crippen LogP contribution in [0.5, 0.6) is 0 Å². The maximum atomic E-state index is 11.3. The molecule has 1 rings (SSSR count). The molecule has 0 amide bonds. The molecule has 0 spiro atoms. The standard InChI is InChI=1S/C12H8N2O2/c13-7-5-11(15)9-1-2-10(4-3-9)12(16)6-8-14/h1-6,13-14H. The highest BCUT2D eigenvalue weighted by atomic mass is 16.1. The first-order valence-electron chi connectivity index (χ1n) is 4.38. The van der Waals surface area contributed by atoms with Gasteiger partial charge in [-0.25, -0.2) is 0 Å². The number of benzene rings is 1. The summed E-state index contributed by atoms with van der Waals surface area (Å²) < 4.78 is 0. The summed E-state index contributed by atoms with van der Waals surface area (Å²) in [5, 5.41) is 13.3. The number of ketones is 2. The first-order valence-corrected chi connectivity index (χ1v) is 4.38. The van der Waals surface area contributed by atoms with E-state index in [0.29, 0.717) is 11.1 Å². The Kier molecular flexibility index (Phi) is 3.87. The lowest BCUT2D eigenvalue weighted by Gasteiger charge is -1.97. The van der Waals surface area contributed by atoms with E-state index in [0.717, 1.165) is 12.2 Å². The van der Waals surface area contributed by atoms with Crippen molar-refractivity contribution >= 4 is 23.3 Å². The molecule has 16 heavy (non-hydrogen) atoms. The Bertz CT molecular complexity index is 467. The molecular weight excluding hydrogens is 204 g/mol. The van der Waals surface area contributed by atoms with Crippen LogP contribution in [-0.2, 0) is 0 Å². The summed E-state index contributed by atoms with van der Waals surface area (Å²) >= 11 is 0. The molecule has 1 aromatic rings. The van der Waals surface area contributed by atoms with Crippen molar-refractivity contribution in [3.63, 3.8) is 0 Å². The Morgan fingerprint density at radius 1 is 0.875 bits per heavy atom. The second kappa shape index (κ2) is 5.37. The molecule has 4 nitrogen and oxygen atoms in total. The summed E-state index contributed by atoms with van der Waals surface area (Å²) in [7, 11) is 0. The van der Waals surface area contributed by atoms with Crippen molar-refractivity contribution in [3.8, 4) is 0 Å². The maximum absolute atomic E-state index is 11.3. The molecular formula is C12H8N2O2. The average Bonchev–Trinajstić information content (AvgIpc) is 2.30. The molecule has 4 heteroatoms. The number of rotatable bonds is 4. The van der Waals surface area contributed by atoms with E-state index in [1.807, 2.05) is 11.7 Å². The fraction of sp³-hybridized carbons (Fsp3) is 0. The van der Waals surface area contributed by atoms with E-state index in [2.05, 4.69) is 0 Å². The molecule has 0 aliphatic carbocycles. The zero-order chi connectivity index (χ0) is 12.0. The van der Waals surface area contributed by atoms with Crippen molar-refractivity contribution in [3.05, 3.63) is 47.5 Å². The summed E-state index contributed by atoms with van der Waals surface area (Å²) in [5.41, 5.74) is 0.769. The zero-order valence-electron chi connectivity index (χ0n) is 8.28. The van der Waals surface area contributed by atoms with Crippen LogP contribution in [0.1, 0.15) is 20.7 Å². The molecule has 78 valence electrons. The van der Waals surface area contributed by atoms with Crippen LogP contribution < -0.4 is 0 Å². The summed E-state index contributed by atoms with van der Waals surface area (Å²) in [4.78, 5) is 22.6. The van der Waals surface area contributed by atoms with E-state index >= 15 is 0 Å². The highest BCUT2D eigenvalue weighted by molar-refractivity contribution is 6.11. The molecule has 0 bridgehead atoms. The Hall–Kier alpha value is -2.54. The van der Waals surface area contributed by atoms with Gasteiger partial charge in [0, 0.05) is 23.3 Å². The third-order valence-corrected chi connectivity index (χ3v) is 1.86. The Balaban J connectivity index is 2.99. The fourth-order valence-corrected chi connectivity index (χ4v) is 1.10. The van der Waals surface area contributed by atoms with E-state index in [1.165, 1.54) is 24.3 Å². The highest BCUT2D eigenvalue weighted by Crippen LogP contribution is 2.06. The highest BCUT2D eigenvalue weighted by Gasteiger charge is 2.04. The lowest BCUT2D eigenvalue weighted by Crippen LogP contribution is -1.98. The lowest BCUT2D eigenvalue weighted by molar-refractivity contribution is 0.103. The molecule has 0 unspecified atom stereocenters. The van der Waals surface area contributed by atoms with Gasteiger partial charge in [-0.3, -0.25) is 20.4 Å². The van der Waals surface area contributed by atoms with Crippen molar-refractivity contribution in [1.29, 1.82) is 10.8 Å². The SMILES string of the molecule is N=C=CC(=O)c1ccc(C(=O)C=C=N)cc1. The van der Waals surface area contributed by atoms with Crippen LogP contribution >= 0.6 is 0 Å². The molecule has 0 aliphatic heterocycles. The summed E-state index contributed by atoms with van der Waals surface area (Å²) in [6.07, 6.45) is 2.02. The normalized spacial score (nSPS) is 8.50. The number of hydrogen-bond acceptors (Lipinski definition) is 4. The van der Waals surface area contributed by atoms with Crippen molar-refractivity contribution in [1.82, 2.24) is 0 Å². The second-order valence-corrected chi connectivity index (χ2v) is 2.88. The fourth-order valence-electron chi connectivity index (χ4n) is 1.10. The molecule has 0 fully saturated rings. The lowest BCUT2D eigenvalue weighted by atomic mass is 10.1. The van der Waals surface area contributed by atoms with E-state index in [4.69, 9.17) is 10.8 Å². The molecule has 2 N–H and O–H groups in total. The summed E-state index contributed by atoms with van der Waals surface area (Å²) in [6, 6.07) is 5.95. The van der Waals surface area contributed by atoms with Gasteiger partial charge >= 0.3 is 0 Å². The molecule has 0 saturated carbocycles. The van der Waals surface area contributed by atoms with Crippen LogP contribution in [0.15, 0.2) is 36.4 Å². The second-order valence-electron chi connectivity index (χ2n) is 2.88. The van der Waals surface area contributed by atoms with Gasteiger partial charge in [0.25, 0.3) is 0 Å². The molecule has 0 radical (unpaired) electrons. The predicted molar refractivity (Wildman–Crippen MR) is 59.7 cm³/mol. The number of carbonyl (C=O) groups excluding carboxylic acids is 2. The van der Waals surface area contributed by atoms with Crippen molar-refractivity contribution < 1.29 is 9.59 Å². The maximum Gasteiger partial charge on any atom is 0.195 e. The number of allylic oxidation sites excluding steroid dienone is 2. The van der Waals surface area contributed by atoms with E-state index < -0.39 is 0 Å². The summed E-state index contributed by atoms with van der Waals surface area (Å²) in [6.45, 7) is 0. The van der Waals surface area contributed by atoms with Gasteiger partial charge in [-0.05, 0) is 11.7 Å². The number of nitrogens with one attached hydrogen (secondary N) is 2. The van der Waals surface area contributed by atoms with E-state index in [-0.39, 0.29) is 11.6 Å².